The molecule has 1 rings (SSSR count). The summed E-state index contributed by atoms with van der Waals surface area (Å²) in [6.45, 7) is 4.70. The normalized spacial score (nSPS) is 12.0. The molecule has 0 fully saturated rings. The molecule has 1 unspecified atom stereocenters. The average Bonchev–Trinajstić information content (AvgIpc) is 2.46. The molecule has 6 heteroatoms. The topological polar surface area (TPSA) is 87.7 Å². The summed E-state index contributed by atoms with van der Waals surface area (Å²) in [5, 5.41) is 14.7. The van der Waals surface area contributed by atoms with Crippen molar-refractivity contribution in [2.24, 2.45) is 5.92 Å². The number of benzene rings is 1. The van der Waals surface area contributed by atoms with Crippen molar-refractivity contribution in [3.63, 3.8) is 0 Å². The lowest BCUT2D eigenvalue weighted by molar-refractivity contribution is -0.141. The summed E-state index contributed by atoms with van der Waals surface area (Å²) in [6, 6.07) is 5.99. The van der Waals surface area contributed by atoms with Crippen LogP contribution in [0.3, 0.4) is 0 Å². The molecule has 0 saturated carbocycles. The van der Waals surface area contributed by atoms with Gasteiger partial charge in [-0.3, -0.25) is 9.59 Å². The number of hydrogen-bond acceptors (Lipinski definition) is 4. The summed E-state index contributed by atoms with van der Waals surface area (Å²) >= 11 is 0. The monoisotopic (exact) mass is 308 g/mol. The zero-order valence-electron chi connectivity index (χ0n) is 13.3. The van der Waals surface area contributed by atoms with Crippen molar-refractivity contribution < 1.29 is 19.4 Å². The van der Waals surface area contributed by atoms with E-state index in [0.717, 1.165) is 6.42 Å². The lowest BCUT2D eigenvalue weighted by Gasteiger charge is -2.15. The van der Waals surface area contributed by atoms with Gasteiger partial charge in [0.15, 0.2) is 0 Å². The van der Waals surface area contributed by atoms with Crippen LogP contribution in [-0.2, 0) is 9.59 Å². The van der Waals surface area contributed by atoms with Crippen molar-refractivity contribution in [2.75, 3.05) is 19.0 Å². The van der Waals surface area contributed by atoms with Crippen molar-refractivity contribution in [2.45, 2.75) is 32.7 Å². The van der Waals surface area contributed by atoms with Crippen molar-refractivity contribution >= 4 is 17.6 Å². The lowest BCUT2D eigenvalue weighted by atomic mass is 10.1. The molecule has 1 amide bonds. The Balaban J connectivity index is 2.49. The smallest absolute Gasteiger partial charge is 0.321 e. The van der Waals surface area contributed by atoms with Gasteiger partial charge in [-0.2, -0.15) is 0 Å². The molecule has 1 aromatic carbocycles. The van der Waals surface area contributed by atoms with E-state index in [1.807, 2.05) is 0 Å². The van der Waals surface area contributed by atoms with E-state index in [1.165, 1.54) is 0 Å². The third-order valence-electron chi connectivity index (χ3n) is 3.17. The number of methoxy groups -OCH3 is 1. The fourth-order valence-corrected chi connectivity index (χ4v) is 1.86. The number of nitrogens with one attached hydrogen (secondary N) is 2. The maximum Gasteiger partial charge on any atom is 0.321 e. The SMILES string of the molecule is COc1ccc(NC(=O)CC(NCCC(C)C)C(=O)O)cc1. The molecule has 0 radical (unpaired) electrons. The molecule has 0 aromatic heterocycles. The third-order valence-corrected chi connectivity index (χ3v) is 3.17. The Labute approximate surface area is 130 Å². The molecule has 0 spiro atoms. The molecule has 1 aromatic rings. The van der Waals surface area contributed by atoms with E-state index in [-0.39, 0.29) is 12.3 Å². The Hall–Kier alpha value is -2.08. The van der Waals surface area contributed by atoms with Gasteiger partial charge in [0.25, 0.3) is 0 Å². The van der Waals surface area contributed by atoms with E-state index in [2.05, 4.69) is 24.5 Å². The second kappa shape index (κ2) is 9.04. The number of ether oxygens (including phenoxy) is 1. The Morgan fingerprint density at radius 1 is 1.23 bits per heavy atom. The van der Waals surface area contributed by atoms with Gasteiger partial charge in [0.1, 0.15) is 11.8 Å². The first kappa shape index (κ1) is 18.0. The van der Waals surface area contributed by atoms with Gasteiger partial charge in [-0.05, 0) is 43.1 Å². The second-order valence-corrected chi connectivity index (χ2v) is 5.51. The van der Waals surface area contributed by atoms with Crippen LogP contribution in [0.1, 0.15) is 26.7 Å². The number of rotatable bonds is 9. The minimum absolute atomic E-state index is 0.112. The van der Waals surface area contributed by atoms with E-state index < -0.39 is 12.0 Å². The summed E-state index contributed by atoms with van der Waals surface area (Å²) in [6.07, 6.45) is 0.753. The molecule has 0 bridgehead atoms. The molecular weight excluding hydrogens is 284 g/mol. The molecule has 0 heterocycles. The summed E-state index contributed by atoms with van der Waals surface area (Å²) in [5.74, 6) is -0.185. The van der Waals surface area contributed by atoms with Gasteiger partial charge in [-0.1, -0.05) is 13.8 Å². The largest absolute Gasteiger partial charge is 0.497 e. The van der Waals surface area contributed by atoms with Crippen LogP contribution in [0.15, 0.2) is 24.3 Å². The number of hydrogen-bond donors (Lipinski definition) is 3. The molecular formula is C16H24N2O4. The molecule has 22 heavy (non-hydrogen) atoms. The standard InChI is InChI=1S/C16H24N2O4/c1-11(2)8-9-17-14(16(20)21)10-15(19)18-12-4-6-13(22-3)7-5-12/h4-7,11,14,17H,8-10H2,1-3H3,(H,18,19)(H,20,21). The molecule has 0 aliphatic carbocycles. The number of carboxylic acids is 1. The second-order valence-electron chi connectivity index (χ2n) is 5.51. The first-order valence-corrected chi connectivity index (χ1v) is 7.32. The van der Waals surface area contributed by atoms with Crippen LogP contribution < -0.4 is 15.4 Å². The highest BCUT2D eigenvalue weighted by molar-refractivity contribution is 5.94. The van der Waals surface area contributed by atoms with Gasteiger partial charge < -0.3 is 20.5 Å². The highest BCUT2D eigenvalue weighted by Crippen LogP contribution is 2.15. The van der Waals surface area contributed by atoms with Crippen molar-refractivity contribution in [3.8, 4) is 5.75 Å². The number of carbonyl (C=O) groups is 2. The van der Waals surface area contributed by atoms with Crippen molar-refractivity contribution in [1.82, 2.24) is 5.32 Å². The van der Waals surface area contributed by atoms with Gasteiger partial charge in [-0.25, -0.2) is 0 Å². The molecule has 0 aliphatic rings. The number of aliphatic carboxylic acids is 1. The minimum Gasteiger partial charge on any atom is -0.497 e. The van der Waals surface area contributed by atoms with Gasteiger partial charge in [0.2, 0.25) is 5.91 Å². The van der Waals surface area contributed by atoms with E-state index in [0.29, 0.717) is 23.9 Å². The maximum absolute atomic E-state index is 11.9. The van der Waals surface area contributed by atoms with Gasteiger partial charge in [0.05, 0.1) is 13.5 Å². The highest BCUT2D eigenvalue weighted by Gasteiger charge is 2.20. The zero-order chi connectivity index (χ0) is 16.5. The quantitative estimate of drug-likeness (QED) is 0.650. The van der Waals surface area contributed by atoms with Gasteiger partial charge >= 0.3 is 5.97 Å². The summed E-state index contributed by atoms with van der Waals surface area (Å²) in [5.41, 5.74) is 0.608. The summed E-state index contributed by atoms with van der Waals surface area (Å²) < 4.78 is 5.03. The number of carbonyl (C=O) groups excluding carboxylic acids is 1. The Morgan fingerprint density at radius 3 is 2.36 bits per heavy atom. The van der Waals surface area contributed by atoms with Crippen LogP contribution in [0.4, 0.5) is 5.69 Å². The Kier molecular flexibility index (Phi) is 7.39. The van der Waals surface area contributed by atoms with Crippen LogP contribution in [0.2, 0.25) is 0 Å². The molecule has 0 saturated heterocycles. The van der Waals surface area contributed by atoms with Crippen LogP contribution in [0.5, 0.6) is 5.75 Å². The lowest BCUT2D eigenvalue weighted by Crippen LogP contribution is -2.40. The van der Waals surface area contributed by atoms with Crippen LogP contribution in [0.25, 0.3) is 0 Å². The predicted octanol–water partition coefficient (Wildman–Crippen LogP) is 2.11. The molecule has 122 valence electrons. The van der Waals surface area contributed by atoms with E-state index in [4.69, 9.17) is 9.84 Å². The van der Waals surface area contributed by atoms with Gasteiger partial charge in [0, 0.05) is 5.69 Å². The molecule has 3 N–H and O–H groups in total. The summed E-state index contributed by atoms with van der Waals surface area (Å²) in [7, 11) is 1.56. The molecule has 6 nitrogen and oxygen atoms in total. The minimum atomic E-state index is -1.02. The predicted molar refractivity (Wildman–Crippen MR) is 85.1 cm³/mol. The first-order valence-electron chi connectivity index (χ1n) is 7.32. The Bertz CT molecular complexity index is 485. The first-order chi connectivity index (χ1) is 10.4. The number of carboxylic acid groups (broad SMARTS) is 1. The molecule has 0 aliphatic heterocycles. The van der Waals surface area contributed by atoms with Crippen LogP contribution >= 0.6 is 0 Å². The fraction of sp³-hybridized carbons (Fsp3) is 0.500. The third kappa shape index (κ3) is 6.58. The number of amides is 1. The average molecular weight is 308 g/mol. The van der Waals surface area contributed by atoms with Crippen molar-refractivity contribution in [1.29, 1.82) is 0 Å². The van der Waals surface area contributed by atoms with E-state index in [9.17, 15) is 9.59 Å². The maximum atomic E-state index is 11.9. The molecule has 1 atom stereocenters. The van der Waals surface area contributed by atoms with E-state index >= 15 is 0 Å². The Morgan fingerprint density at radius 2 is 1.86 bits per heavy atom. The summed E-state index contributed by atoms with van der Waals surface area (Å²) in [4.78, 5) is 23.1. The van der Waals surface area contributed by atoms with Crippen LogP contribution in [0, 0.1) is 5.92 Å². The fourth-order valence-electron chi connectivity index (χ4n) is 1.86. The number of anilines is 1. The highest BCUT2D eigenvalue weighted by atomic mass is 16.5. The van der Waals surface area contributed by atoms with Crippen molar-refractivity contribution in [3.05, 3.63) is 24.3 Å². The van der Waals surface area contributed by atoms with E-state index in [1.54, 1.807) is 31.4 Å². The zero-order valence-corrected chi connectivity index (χ0v) is 13.3. The van der Waals surface area contributed by atoms with Crippen LogP contribution in [-0.4, -0.2) is 36.7 Å². The van der Waals surface area contributed by atoms with Gasteiger partial charge in [-0.15, -0.1) is 0 Å².